The summed E-state index contributed by atoms with van der Waals surface area (Å²) in [6.45, 7) is 13.2. The van der Waals surface area contributed by atoms with E-state index >= 15 is 0 Å². The minimum atomic E-state index is -1.90. The smallest absolute Gasteiger partial charge is 0.308 e. The highest BCUT2D eigenvalue weighted by Gasteiger charge is 2.43. The van der Waals surface area contributed by atoms with Crippen molar-refractivity contribution in [1.29, 1.82) is 0 Å². The molecule has 0 radical (unpaired) electrons. The van der Waals surface area contributed by atoms with Crippen molar-refractivity contribution in [3.63, 3.8) is 0 Å². The molecular weight excluding hydrogens is 332 g/mol. The van der Waals surface area contributed by atoms with Gasteiger partial charge in [0, 0.05) is 0 Å². The molecule has 0 aromatic heterocycles. The van der Waals surface area contributed by atoms with Gasteiger partial charge in [0.1, 0.15) is 0 Å². The Morgan fingerprint density at radius 3 is 2.60 bits per heavy atom. The summed E-state index contributed by atoms with van der Waals surface area (Å²) in [6.07, 6.45) is 9.37. The summed E-state index contributed by atoms with van der Waals surface area (Å²) in [4.78, 5) is 12.4. The van der Waals surface area contributed by atoms with E-state index in [-0.39, 0.29) is 41.8 Å². The van der Waals surface area contributed by atoms with Crippen LogP contribution in [0.15, 0.2) is 12.2 Å². The molecule has 144 valence electrons. The molecule has 0 spiro atoms. The van der Waals surface area contributed by atoms with Crippen LogP contribution in [0, 0.1) is 0 Å². The molecule has 0 aromatic rings. The van der Waals surface area contributed by atoms with E-state index in [0.29, 0.717) is 0 Å². The Morgan fingerprint density at radius 1 is 1.20 bits per heavy atom. The van der Waals surface area contributed by atoms with Crippen molar-refractivity contribution in [3.05, 3.63) is 12.2 Å². The van der Waals surface area contributed by atoms with Crippen LogP contribution in [0.1, 0.15) is 66.2 Å². The van der Waals surface area contributed by atoms with E-state index in [0.717, 1.165) is 32.1 Å². The molecule has 2 rings (SSSR count). The minimum Gasteiger partial charge on any atom is -0.463 e. The summed E-state index contributed by atoms with van der Waals surface area (Å²) < 4.78 is 18.4. The molecule has 25 heavy (non-hydrogen) atoms. The predicted octanol–water partition coefficient (Wildman–Crippen LogP) is 4.99. The van der Waals surface area contributed by atoms with Crippen LogP contribution >= 0.6 is 0 Å². The van der Waals surface area contributed by atoms with Crippen molar-refractivity contribution in [1.82, 2.24) is 0 Å². The van der Waals surface area contributed by atoms with Gasteiger partial charge in [-0.2, -0.15) is 0 Å². The number of fused-ring (bicyclic) bond motifs is 2. The molecule has 2 heterocycles. The van der Waals surface area contributed by atoms with E-state index < -0.39 is 8.32 Å². The number of hydrogen-bond acceptors (Lipinski definition) is 4. The van der Waals surface area contributed by atoms with E-state index in [4.69, 9.17) is 13.9 Å². The van der Waals surface area contributed by atoms with Gasteiger partial charge >= 0.3 is 5.97 Å². The lowest BCUT2D eigenvalue weighted by Crippen LogP contribution is -2.50. The molecular formula is C20H36O4Si. The third-order valence-corrected chi connectivity index (χ3v) is 10.3. The molecule has 0 saturated carbocycles. The van der Waals surface area contributed by atoms with Gasteiger partial charge in [-0.25, -0.2) is 0 Å². The first-order valence-electron chi connectivity index (χ1n) is 9.78. The van der Waals surface area contributed by atoms with Crippen molar-refractivity contribution in [2.24, 2.45) is 0 Å². The Hall–Kier alpha value is -0.653. The molecule has 5 heteroatoms. The summed E-state index contributed by atoms with van der Waals surface area (Å²) in [7, 11) is -1.90. The van der Waals surface area contributed by atoms with Gasteiger partial charge in [-0.15, -0.1) is 0 Å². The van der Waals surface area contributed by atoms with E-state index in [1.807, 2.05) is 6.92 Å². The zero-order valence-electron chi connectivity index (χ0n) is 16.8. The number of carbonyl (C=O) groups is 1. The van der Waals surface area contributed by atoms with Crippen LogP contribution in [0.5, 0.6) is 0 Å². The number of rotatable bonds is 2. The van der Waals surface area contributed by atoms with Crippen LogP contribution in [0.3, 0.4) is 0 Å². The predicted molar refractivity (Wildman–Crippen MR) is 103 cm³/mol. The molecule has 0 N–H and O–H groups in total. The lowest BCUT2D eigenvalue weighted by atomic mass is 9.98. The maximum atomic E-state index is 12.4. The zero-order valence-corrected chi connectivity index (χ0v) is 17.8. The van der Waals surface area contributed by atoms with Crippen molar-refractivity contribution in [3.8, 4) is 0 Å². The number of allylic oxidation sites excluding steroid dienone is 1. The molecule has 1 saturated heterocycles. The number of ether oxygens (including phenoxy) is 2. The first-order chi connectivity index (χ1) is 11.6. The third kappa shape index (κ3) is 5.93. The minimum absolute atomic E-state index is 0.0173. The van der Waals surface area contributed by atoms with E-state index in [2.05, 4.69) is 46.0 Å². The highest BCUT2D eigenvalue weighted by molar-refractivity contribution is 6.74. The van der Waals surface area contributed by atoms with E-state index in [1.165, 1.54) is 0 Å². The third-order valence-electron chi connectivity index (χ3n) is 5.78. The van der Waals surface area contributed by atoms with Gasteiger partial charge < -0.3 is 13.9 Å². The van der Waals surface area contributed by atoms with Crippen molar-refractivity contribution >= 4 is 14.3 Å². The number of carbonyl (C=O) groups excluding carboxylic acids is 1. The summed E-state index contributed by atoms with van der Waals surface area (Å²) in [5.41, 5.74) is 0. The largest absolute Gasteiger partial charge is 0.463 e. The molecule has 0 aromatic carbocycles. The lowest BCUT2D eigenvalue weighted by Gasteiger charge is -2.44. The fraction of sp³-hybridized carbons (Fsp3) is 0.850. The van der Waals surface area contributed by atoms with Gasteiger partial charge in [0.25, 0.3) is 0 Å². The maximum absolute atomic E-state index is 12.4. The Kier molecular flexibility index (Phi) is 6.91. The number of cyclic esters (lactones) is 1. The van der Waals surface area contributed by atoms with Crippen molar-refractivity contribution in [2.45, 2.75) is 109 Å². The molecule has 4 nitrogen and oxygen atoms in total. The van der Waals surface area contributed by atoms with E-state index in [9.17, 15) is 4.79 Å². The first kappa shape index (κ1) is 20.7. The Balaban J connectivity index is 2.13. The highest BCUT2D eigenvalue weighted by atomic mass is 28.4. The van der Waals surface area contributed by atoms with Crippen LogP contribution in [-0.4, -0.2) is 38.7 Å². The summed E-state index contributed by atoms with van der Waals surface area (Å²) in [6, 6.07) is 0. The highest BCUT2D eigenvalue weighted by Crippen LogP contribution is 2.39. The van der Waals surface area contributed by atoms with Crippen molar-refractivity contribution < 1.29 is 18.7 Å². The Labute approximate surface area is 154 Å². The molecule has 4 atom stereocenters. The molecule has 2 aliphatic rings. The van der Waals surface area contributed by atoms with Crippen LogP contribution in [0.2, 0.25) is 18.1 Å². The van der Waals surface area contributed by atoms with Crippen LogP contribution < -0.4 is 0 Å². The SMILES string of the molecule is C[C@H]1CCC/C=C/[C@@H]2CC[C@H](O[Si](C)(C)C(C)(C)C)[C@@H](CC(=O)O1)O2. The molecule has 0 unspecified atom stereocenters. The fourth-order valence-electron chi connectivity index (χ4n) is 3.17. The average Bonchev–Trinajstić information content (AvgIpc) is 2.46. The summed E-state index contributed by atoms with van der Waals surface area (Å²) in [5.74, 6) is -0.161. The van der Waals surface area contributed by atoms with Gasteiger partial charge in [0.15, 0.2) is 8.32 Å². The first-order valence-corrected chi connectivity index (χ1v) is 12.7. The second-order valence-electron chi connectivity index (χ2n) is 9.07. The Bertz CT molecular complexity index is 481. The van der Waals surface area contributed by atoms with Crippen LogP contribution in [-0.2, 0) is 18.7 Å². The summed E-state index contributed by atoms with van der Waals surface area (Å²) in [5, 5.41) is 0.143. The van der Waals surface area contributed by atoms with Crippen LogP contribution in [0.25, 0.3) is 0 Å². The zero-order chi connectivity index (χ0) is 18.7. The fourth-order valence-corrected chi connectivity index (χ4v) is 4.55. The molecule has 2 aliphatic heterocycles. The molecule has 0 aliphatic carbocycles. The van der Waals surface area contributed by atoms with Crippen molar-refractivity contribution in [2.75, 3.05) is 0 Å². The topological polar surface area (TPSA) is 44.8 Å². The summed E-state index contributed by atoms with van der Waals surface area (Å²) >= 11 is 0. The Morgan fingerprint density at radius 2 is 1.92 bits per heavy atom. The number of hydrogen-bond donors (Lipinski definition) is 0. The van der Waals surface area contributed by atoms with Gasteiger partial charge in [-0.05, 0) is 57.2 Å². The molecule has 1 fully saturated rings. The normalized spacial score (nSPS) is 33.8. The monoisotopic (exact) mass is 368 g/mol. The lowest BCUT2D eigenvalue weighted by molar-refractivity contribution is -0.159. The quantitative estimate of drug-likeness (QED) is 0.391. The van der Waals surface area contributed by atoms with E-state index in [1.54, 1.807) is 0 Å². The van der Waals surface area contributed by atoms with Crippen LogP contribution in [0.4, 0.5) is 0 Å². The second kappa shape index (κ2) is 8.36. The van der Waals surface area contributed by atoms with Gasteiger partial charge in [-0.1, -0.05) is 32.9 Å². The van der Waals surface area contributed by atoms with Gasteiger partial charge in [-0.3, -0.25) is 4.79 Å². The van der Waals surface area contributed by atoms with Gasteiger partial charge in [0.2, 0.25) is 0 Å². The standard InChI is InChI=1S/C20H36O4Si/c1-15-10-8-7-9-11-16-12-13-17(18(23-16)14-19(21)22-15)24-25(5,6)20(2,3)4/h9,11,15-18H,7-8,10,12-14H2,1-6H3/b11-9+/t15-,16+,17-,18+/m0/s1. The maximum Gasteiger partial charge on any atom is 0.308 e. The molecule has 0 amide bonds. The van der Waals surface area contributed by atoms with Gasteiger partial charge in [0.05, 0.1) is 30.8 Å². The average molecular weight is 369 g/mol. The second-order valence-corrected chi connectivity index (χ2v) is 13.8. The number of esters is 1. The molecule has 2 bridgehead atoms.